The molecule has 192 valence electrons. The molecule has 0 aliphatic carbocycles. The third kappa shape index (κ3) is 5.14. The second-order valence-electron chi connectivity index (χ2n) is 8.42. The van der Waals surface area contributed by atoms with Crippen LogP contribution in [-0.2, 0) is 10.0 Å². The molecule has 1 atom stereocenters. The highest BCUT2D eigenvalue weighted by Gasteiger charge is 2.28. The molecule has 1 N–H and O–H groups in total. The van der Waals surface area contributed by atoms with Crippen LogP contribution < -0.4 is 19.5 Å². The number of nitrogens with zero attached hydrogens (tertiary/aromatic N) is 3. The van der Waals surface area contributed by atoms with Crippen molar-refractivity contribution in [3.05, 3.63) is 42.0 Å². The predicted octanol–water partition coefficient (Wildman–Crippen LogP) is 3.44. The second-order valence-corrected chi connectivity index (χ2v) is 10.4. The van der Waals surface area contributed by atoms with Gasteiger partial charge in [-0.05, 0) is 55.2 Å². The highest BCUT2D eigenvalue weighted by atomic mass is 32.2. The normalized spacial score (nSPS) is 16.4. The molecule has 1 fully saturated rings. The first kappa shape index (κ1) is 25.5. The number of hydrogen-bond donors (Lipinski definition) is 1. The molecule has 1 aromatic heterocycles. The van der Waals surface area contributed by atoms with Crippen LogP contribution in [-0.4, -0.2) is 63.2 Å². The summed E-state index contributed by atoms with van der Waals surface area (Å²) in [6.45, 7) is 3.04. The number of nitrogens with one attached hydrogen (secondary N) is 1. The van der Waals surface area contributed by atoms with E-state index in [1.54, 1.807) is 12.1 Å². The van der Waals surface area contributed by atoms with Gasteiger partial charge in [0.15, 0.2) is 11.5 Å². The number of carbonyl (C=O) groups is 1. The summed E-state index contributed by atoms with van der Waals surface area (Å²) in [5, 5.41) is 10.4. The van der Waals surface area contributed by atoms with Crippen molar-refractivity contribution in [2.75, 3.05) is 39.7 Å². The lowest BCUT2D eigenvalue weighted by Crippen LogP contribution is -2.39. The van der Waals surface area contributed by atoms with Crippen LogP contribution in [0.3, 0.4) is 0 Å². The fourth-order valence-corrected chi connectivity index (χ4v) is 5.65. The number of ether oxygens (including phenoxy) is 3. The number of methoxy groups -OCH3 is 3. The molecule has 3 aromatic rings. The molecule has 1 saturated heterocycles. The Bertz CT molecular complexity index is 1310. The standard InChI is InChI=1S/C24H28N4O7S/c1-15-6-5-11-28(14-15)36(30,31)18-9-7-16(8-10-18)22(29)25-24-27-26-23(35-24)17-12-19(32-2)21(34-4)20(13-17)33-3/h7-10,12-13,15H,5-6,11,14H2,1-4H3,(H,25,27,29)/t15-/m0/s1. The Morgan fingerprint density at radius 2 is 1.72 bits per heavy atom. The van der Waals surface area contributed by atoms with E-state index in [9.17, 15) is 13.2 Å². The van der Waals surface area contributed by atoms with Gasteiger partial charge in [-0.3, -0.25) is 10.1 Å². The number of sulfonamides is 1. The molecule has 1 aliphatic rings. The number of rotatable bonds is 8. The average Bonchev–Trinajstić information content (AvgIpc) is 3.36. The lowest BCUT2D eigenvalue weighted by atomic mass is 10.0. The number of carbonyl (C=O) groups excluding carboxylic acids is 1. The van der Waals surface area contributed by atoms with Crippen LogP contribution in [0.1, 0.15) is 30.1 Å². The van der Waals surface area contributed by atoms with Crippen molar-refractivity contribution in [3.63, 3.8) is 0 Å². The van der Waals surface area contributed by atoms with Crippen molar-refractivity contribution in [1.82, 2.24) is 14.5 Å². The smallest absolute Gasteiger partial charge is 0.322 e. The molecule has 0 saturated carbocycles. The van der Waals surface area contributed by atoms with E-state index < -0.39 is 15.9 Å². The van der Waals surface area contributed by atoms with Crippen LogP contribution in [0.15, 0.2) is 45.7 Å². The topological polar surface area (TPSA) is 133 Å². The van der Waals surface area contributed by atoms with Crippen molar-refractivity contribution in [3.8, 4) is 28.7 Å². The molecule has 0 radical (unpaired) electrons. The van der Waals surface area contributed by atoms with E-state index in [4.69, 9.17) is 18.6 Å². The number of piperidine rings is 1. The zero-order valence-corrected chi connectivity index (χ0v) is 21.3. The third-order valence-electron chi connectivity index (χ3n) is 5.93. The van der Waals surface area contributed by atoms with Gasteiger partial charge in [-0.25, -0.2) is 8.42 Å². The maximum absolute atomic E-state index is 12.9. The first-order chi connectivity index (χ1) is 17.3. The van der Waals surface area contributed by atoms with Crippen LogP contribution in [0.25, 0.3) is 11.5 Å². The van der Waals surface area contributed by atoms with Gasteiger partial charge in [-0.1, -0.05) is 12.0 Å². The molecule has 0 unspecified atom stereocenters. The zero-order chi connectivity index (χ0) is 25.9. The molecule has 2 aromatic carbocycles. The number of hydrogen-bond acceptors (Lipinski definition) is 9. The molecule has 36 heavy (non-hydrogen) atoms. The van der Waals surface area contributed by atoms with Gasteiger partial charge in [-0.2, -0.15) is 4.31 Å². The Hall–Kier alpha value is -3.64. The summed E-state index contributed by atoms with van der Waals surface area (Å²) in [7, 11) is 0.868. The molecule has 4 rings (SSSR count). The van der Waals surface area contributed by atoms with Gasteiger partial charge in [0, 0.05) is 24.2 Å². The fraction of sp³-hybridized carbons (Fsp3) is 0.375. The molecular weight excluding hydrogens is 488 g/mol. The van der Waals surface area contributed by atoms with Crippen molar-refractivity contribution >= 4 is 21.9 Å². The van der Waals surface area contributed by atoms with Crippen molar-refractivity contribution in [1.29, 1.82) is 0 Å². The highest BCUT2D eigenvalue weighted by Crippen LogP contribution is 2.41. The monoisotopic (exact) mass is 516 g/mol. The fourth-order valence-electron chi connectivity index (χ4n) is 4.06. The van der Waals surface area contributed by atoms with Gasteiger partial charge in [0.25, 0.3) is 5.91 Å². The van der Waals surface area contributed by atoms with E-state index >= 15 is 0 Å². The Kier molecular flexibility index (Phi) is 7.45. The predicted molar refractivity (Wildman–Crippen MR) is 131 cm³/mol. The summed E-state index contributed by atoms with van der Waals surface area (Å²) in [5.41, 5.74) is 0.743. The SMILES string of the molecule is COc1cc(-c2nnc(NC(=O)c3ccc(S(=O)(=O)N4CCC[C@H](C)C4)cc3)o2)cc(OC)c1OC. The Labute approximate surface area is 209 Å². The highest BCUT2D eigenvalue weighted by molar-refractivity contribution is 7.89. The quantitative estimate of drug-likeness (QED) is 0.478. The first-order valence-electron chi connectivity index (χ1n) is 11.3. The molecule has 1 aliphatic heterocycles. The molecule has 2 heterocycles. The molecular formula is C24H28N4O7S. The van der Waals surface area contributed by atoms with Gasteiger partial charge in [0.2, 0.25) is 21.7 Å². The summed E-state index contributed by atoms with van der Waals surface area (Å²) in [5.74, 6) is 1.15. The van der Waals surface area contributed by atoms with E-state index in [-0.39, 0.29) is 22.4 Å². The summed E-state index contributed by atoms with van der Waals surface area (Å²) in [6, 6.07) is 8.92. The van der Waals surface area contributed by atoms with Gasteiger partial charge in [0.1, 0.15) is 0 Å². The van der Waals surface area contributed by atoms with E-state index in [0.717, 1.165) is 12.8 Å². The molecule has 0 spiro atoms. The van der Waals surface area contributed by atoms with Crippen molar-refractivity contribution in [2.45, 2.75) is 24.7 Å². The van der Waals surface area contributed by atoms with Crippen LogP contribution >= 0.6 is 0 Å². The lowest BCUT2D eigenvalue weighted by Gasteiger charge is -2.30. The Morgan fingerprint density at radius 3 is 2.31 bits per heavy atom. The summed E-state index contributed by atoms with van der Waals surface area (Å²) in [4.78, 5) is 12.8. The second kappa shape index (κ2) is 10.5. The molecule has 1 amide bonds. The maximum atomic E-state index is 12.9. The minimum Gasteiger partial charge on any atom is -0.493 e. The number of amides is 1. The van der Waals surface area contributed by atoms with Crippen molar-refractivity contribution < 1.29 is 31.8 Å². The third-order valence-corrected chi connectivity index (χ3v) is 7.81. The largest absolute Gasteiger partial charge is 0.493 e. The number of anilines is 1. The van der Waals surface area contributed by atoms with Gasteiger partial charge < -0.3 is 18.6 Å². The van der Waals surface area contributed by atoms with Crippen LogP contribution in [0.4, 0.5) is 6.01 Å². The van der Waals surface area contributed by atoms with Crippen LogP contribution in [0.2, 0.25) is 0 Å². The van der Waals surface area contributed by atoms with Crippen LogP contribution in [0.5, 0.6) is 17.2 Å². The lowest BCUT2D eigenvalue weighted by molar-refractivity contribution is 0.102. The van der Waals surface area contributed by atoms with E-state index in [0.29, 0.717) is 41.8 Å². The first-order valence-corrected chi connectivity index (χ1v) is 12.8. The maximum Gasteiger partial charge on any atom is 0.322 e. The summed E-state index contributed by atoms with van der Waals surface area (Å²) < 4.78 is 49.0. The summed E-state index contributed by atoms with van der Waals surface area (Å²) in [6.07, 6.45) is 1.85. The zero-order valence-electron chi connectivity index (χ0n) is 20.5. The summed E-state index contributed by atoms with van der Waals surface area (Å²) >= 11 is 0. The van der Waals surface area contributed by atoms with E-state index in [2.05, 4.69) is 15.5 Å². The minimum absolute atomic E-state index is 0.122. The van der Waals surface area contributed by atoms with E-state index in [1.165, 1.54) is 49.9 Å². The van der Waals surface area contributed by atoms with Crippen LogP contribution in [0, 0.1) is 5.92 Å². The molecule has 0 bridgehead atoms. The molecule has 12 heteroatoms. The van der Waals surface area contributed by atoms with Gasteiger partial charge >= 0.3 is 6.01 Å². The van der Waals surface area contributed by atoms with Gasteiger partial charge in [-0.15, -0.1) is 5.10 Å². The Morgan fingerprint density at radius 1 is 1.06 bits per heavy atom. The average molecular weight is 517 g/mol. The van der Waals surface area contributed by atoms with Gasteiger partial charge in [0.05, 0.1) is 26.2 Å². The van der Waals surface area contributed by atoms with E-state index in [1.807, 2.05) is 6.92 Å². The number of aromatic nitrogens is 2. The number of benzene rings is 2. The minimum atomic E-state index is -3.61. The van der Waals surface area contributed by atoms with Crippen molar-refractivity contribution in [2.24, 2.45) is 5.92 Å². The Balaban J connectivity index is 1.48. The molecule has 11 nitrogen and oxygen atoms in total.